The van der Waals surface area contributed by atoms with Gasteiger partial charge in [-0.2, -0.15) is 13.2 Å². The van der Waals surface area contributed by atoms with Gasteiger partial charge in [0.15, 0.2) is 9.84 Å². The third-order valence-corrected chi connectivity index (χ3v) is 9.02. The number of hydrogen-bond acceptors (Lipinski definition) is 11. The van der Waals surface area contributed by atoms with Crippen LogP contribution in [0.15, 0.2) is 56.2 Å². The van der Waals surface area contributed by atoms with Crippen molar-refractivity contribution in [2.24, 2.45) is 5.73 Å². The van der Waals surface area contributed by atoms with Crippen molar-refractivity contribution in [1.29, 1.82) is 0 Å². The summed E-state index contributed by atoms with van der Waals surface area (Å²) in [7, 11) is -4.01. The van der Waals surface area contributed by atoms with Crippen molar-refractivity contribution in [3.8, 4) is 22.9 Å². The standard InChI is InChI=1S/C26H22F5N7O5S/c27-25(28)7-9-37(10-8-25)24-36-34-21(43-24)16-5-6-19-18(11-16)38(22(39)17(32)13-44(19,40)41)12-14-1-3-15(4-2-14)20-33-35-23(42-20)26(29,30)31/h1-6,11,17H,7-10,12-13,32H2/t17-/m0/s1. The largest absolute Gasteiger partial charge is 0.470 e. The monoisotopic (exact) mass is 639 g/mol. The maximum Gasteiger partial charge on any atom is 0.470 e. The second kappa shape index (κ2) is 10.6. The third kappa shape index (κ3) is 5.73. The normalized spacial score (nSPS) is 20.0. The Hall–Kier alpha value is -4.45. The molecule has 0 unspecified atom stereocenters. The lowest BCUT2D eigenvalue weighted by Gasteiger charge is -2.30. The van der Waals surface area contributed by atoms with Gasteiger partial charge in [0.25, 0.3) is 5.92 Å². The van der Waals surface area contributed by atoms with E-state index in [1.807, 2.05) is 0 Å². The summed E-state index contributed by atoms with van der Waals surface area (Å²) in [4.78, 5) is 15.9. The van der Waals surface area contributed by atoms with Crippen molar-refractivity contribution < 1.29 is 44.0 Å². The first kappa shape index (κ1) is 29.6. The summed E-state index contributed by atoms with van der Waals surface area (Å²) in [5.74, 6) is -6.00. The zero-order valence-corrected chi connectivity index (χ0v) is 23.3. The molecular formula is C26H22F5N7O5S. The molecule has 4 aromatic rings. The van der Waals surface area contributed by atoms with Gasteiger partial charge in [-0.15, -0.1) is 15.3 Å². The van der Waals surface area contributed by atoms with E-state index in [1.54, 1.807) is 0 Å². The smallest absolute Gasteiger partial charge is 0.413 e. The molecule has 6 rings (SSSR count). The van der Waals surface area contributed by atoms with E-state index in [0.29, 0.717) is 5.56 Å². The maximum atomic E-state index is 13.6. The Bertz CT molecular complexity index is 1810. The van der Waals surface area contributed by atoms with Crippen molar-refractivity contribution in [2.75, 3.05) is 28.6 Å². The number of amides is 1. The number of piperidine rings is 1. The summed E-state index contributed by atoms with van der Waals surface area (Å²) in [5, 5.41) is 14.4. The van der Waals surface area contributed by atoms with E-state index in [2.05, 4.69) is 20.4 Å². The number of hydrogen-bond donors (Lipinski definition) is 1. The average molecular weight is 640 g/mol. The molecule has 1 saturated heterocycles. The maximum absolute atomic E-state index is 13.6. The topological polar surface area (TPSA) is 162 Å². The molecule has 12 nitrogen and oxygen atoms in total. The van der Waals surface area contributed by atoms with Crippen LogP contribution in [0.1, 0.15) is 24.3 Å². The van der Waals surface area contributed by atoms with E-state index in [0.717, 1.165) is 0 Å². The Morgan fingerprint density at radius 2 is 1.57 bits per heavy atom. The van der Waals surface area contributed by atoms with Gasteiger partial charge in [0.05, 0.1) is 28.9 Å². The Morgan fingerprint density at radius 1 is 0.932 bits per heavy atom. The number of carbonyl (C=O) groups excluding carboxylic acids is 1. The summed E-state index contributed by atoms with van der Waals surface area (Å²) in [6.07, 6.45) is -5.55. The molecule has 2 N–H and O–H groups in total. The Labute approximate surface area is 245 Å². The van der Waals surface area contributed by atoms with Gasteiger partial charge in [0.2, 0.25) is 17.7 Å². The summed E-state index contributed by atoms with van der Waals surface area (Å²) in [5.41, 5.74) is 6.90. The van der Waals surface area contributed by atoms with Crippen LogP contribution in [-0.2, 0) is 27.4 Å². The first-order valence-corrected chi connectivity index (χ1v) is 14.8. The lowest BCUT2D eigenvalue weighted by atomic mass is 10.1. The molecule has 2 aromatic heterocycles. The quantitative estimate of drug-likeness (QED) is 0.317. The molecule has 0 saturated carbocycles. The minimum Gasteiger partial charge on any atom is -0.413 e. The minimum absolute atomic E-state index is 0.00592. The van der Waals surface area contributed by atoms with Crippen molar-refractivity contribution in [3.63, 3.8) is 0 Å². The molecule has 0 aliphatic carbocycles. The van der Waals surface area contributed by atoms with Gasteiger partial charge >= 0.3 is 18.1 Å². The molecule has 44 heavy (non-hydrogen) atoms. The number of alkyl halides is 5. The van der Waals surface area contributed by atoms with E-state index in [9.17, 15) is 35.2 Å². The Kier molecular flexibility index (Phi) is 7.15. The van der Waals surface area contributed by atoms with Crippen LogP contribution in [0.2, 0.25) is 0 Å². The molecule has 0 spiro atoms. The van der Waals surface area contributed by atoms with Crippen LogP contribution in [0, 0.1) is 0 Å². The third-order valence-electron chi connectivity index (χ3n) is 7.20. The highest BCUT2D eigenvalue weighted by Crippen LogP contribution is 2.37. The highest BCUT2D eigenvalue weighted by molar-refractivity contribution is 7.91. The molecule has 4 heterocycles. The minimum atomic E-state index is -4.81. The summed E-state index contributed by atoms with van der Waals surface area (Å²) < 4.78 is 102. The zero-order valence-electron chi connectivity index (χ0n) is 22.5. The molecule has 2 aliphatic heterocycles. The SMILES string of the molecule is N[C@H]1CS(=O)(=O)c2ccc(-c3nnc(N4CCC(F)(F)CC4)o3)cc2N(Cc2ccc(-c3nnc(C(F)(F)F)o3)cc2)C1=O. The highest BCUT2D eigenvalue weighted by atomic mass is 32.2. The van der Waals surface area contributed by atoms with E-state index < -0.39 is 45.5 Å². The first-order chi connectivity index (χ1) is 20.7. The molecule has 2 aromatic carbocycles. The molecule has 0 bridgehead atoms. The van der Waals surface area contributed by atoms with E-state index in [-0.39, 0.29) is 72.0 Å². The van der Waals surface area contributed by atoms with Crippen LogP contribution in [0.3, 0.4) is 0 Å². The molecule has 1 amide bonds. The van der Waals surface area contributed by atoms with E-state index in [1.165, 1.54) is 52.3 Å². The molecule has 232 valence electrons. The number of fused-ring (bicyclic) bond motifs is 1. The molecule has 18 heteroatoms. The number of sulfone groups is 1. The average Bonchev–Trinajstić information content (AvgIpc) is 3.65. The van der Waals surface area contributed by atoms with Gasteiger partial charge in [0.1, 0.15) is 0 Å². The summed E-state index contributed by atoms with van der Waals surface area (Å²) in [6.45, 7) is -0.147. The summed E-state index contributed by atoms with van der Waals surface area (Å²) in [6, 6.07) is 8.56. The van der Waals surface area contributed by atoms with E-state index in [4.69, 9.17) is 14.6 Å². The van der Waals surface area contributed by atoms with Crippen molar-refractivity contribution in [3.05, 3.63) is 53.9 Å². The number of aromatic nitrogens is 4. The highest BCUT2D eigenvalue weighted by Gasteiger charge is 2.39. The van der Waals surface area contributed by atoms with Crippen molar-refractivity contribution >= 4 is 27.4 Å². The molecule has 1 atom stereocenters. The number of halogens is 5. The predicted octanol–water partition coefficient (Wildman–Crippen LogP) is 3.69. The lowest BCUT2D eigenvalue weighted by Crippen LogP contribution is -2.45. The Morgan fingerprint density at radius 3 is 2.23 bits per heavy atom. The van der Waals surface area contributed by atoms with Crippen LogP contribution < -0.4 is 15.5 Å². The molecule has 2 aliphatic rings. The predicted molar refractivity (Wildman–Crippen MR) is 142 cm³/mol. The van der Waals surface area contributed by atoms with Crippen LogP contribution in [0.25, 0.3) is 22.9 Å². The van der Waals surface area contributed by atoms with Gasteiger partial charge in [0, 0.05) is 37.1 Å². The molecule has 1 fully saturated rings. The number of carbonyl (C=O) groups is 1. The van der Waals surface area contributed by atoms with Gasteiger partial charge in [-0.1, -0.05) is 17.2 Å². The zero-order chi connectivity index (χ0) is 31.4. The fourth-order valence-electron chi connectivity index (χ4n) is 4.88. The molecule has 0 radical (unpaired) electrons. The second-order valence-corrected chi connectivity index (χ2v) is 12.3. The van der Waals surface area contributed by atoms with Crippen LogP contribution in [-0.4, -0.2) is 65.5 Å². The fourth-order valence-corrected chi connectivity index (χ4v) is 6.44. The van der Waals surface area contributed by atoms with Crippen molar-refractivity contribution in [1.82, 2.24) is 20.4 Å². The lowest BCUT2D eigenvalue weighted by molar-refractivity contribution is -0.157. The first-order valence-electron chi connectivity index (χ1n) is 13.1. The number of anilines is 2. The van der Waals surface area contributed by atoms with Crippen LogP contribution >= 0.6 is 0 Å². The van der Waals surface area contributed by atoms with Gasteiger partial charge in [-0.05, 0) is 35.9 Å². The number of nitrogens with zero attached hydrogens (tertiary/aromatic N) is 6. The van der Waals surface area contributed by atoms with Crippen molar-refractivity contribution in [2.45, 2.75) is 42.4 Å². The van der Waals surface area contributed by atoms with Gasteiger partial charge in [-0.25, -0.2) is 17.2 Å². The number of nitrogens with two attached hydrogens (primary N) is 1. The number of benzene rings is 2. The van der Waals surface area contributed by atoms with Gasteiger partial charge < -0.3 is 24.4 Å². The van der Waals surface area contributed by atoms with Gasteiger partial charge in [-0.3, -0.25) is 4.79 Å². The molecular weight excluding hydrogens is 617 g/mol. The van der Waals surface area contributed by atoms with E-state index >= 15 is 0 Å². The van der Waals surface area contributed by atoms with Crippen LogP contribution in [0.5, 0.6) is 0 Å². The summed E-state index contributed by atoms with van der Waals surface area (Å²) >= 11 is 0. The van der Waals surface area contributed by atoms with Crippen LogP contribution in [0.4, 0.5) is 33.7 Å². The number of rotatable bonds is 5. The Balaban J connectivity index is 1.31. The fraction of sp³-hybridized carbons (Fsp3) is 0.346. The second-order valence-electron chi connectivity index (χ2n) is 10.3.